The van der Waals surface area contributed by atoms with Crippen LogP contribution in [0.15, 0.2) is 53.0 Å². The fourth-order valence-electron chi connectivity index (χ4n) is 1.96. The average Bonchev–Trinajstić information content (AvgIpc) is 3.25. The first-order chi connectivity index (χ1) is 11.3. The summed E-state index contributed by atoms with van der Waals surface area (Å²) in [7, 11) is 0. The maximum absolute atomic E-state index is 11.9. The number of benzene rings is 1. The number of nitrogens with zero attached hydrogens (tertiary/aromatic N) is 4. The van der Waals surface area contributed by atoms with Gasteiger partial charge in [-0.25, -0.2) is 0 Å². The molecule has 0 aliphatic heterocycles. The van der Waals surface area contributed by atoms with Gasteiger partial charge in [0.2, 0.25) is 11.1 Å². The van der Waals surface area contributed by atoms with Gasteiger partial charge in [-0.1, -0.05) is 36.0 Å². The van der Waals surface area contributed by atoms with E-state index < -0.39 is 0 Å². The fraction of sp³-hybridized carbons (Fsp3) is 0.200. The summed E-state index contributed by atoms with van der Waals surface area (Å²) in [5.41, 5.74) is 0.873. The van der Waals surface area contributed by atoms with Crippen molar-refractivity contribution in [2.45, 2.75) is 11.6 Å². The lowest BCUT2D eigenvalue weighted by atomic mass is 10.3. The molecule has 0 saturated heterocycles. The first-order valence-corrected chi connectivity index (χ1v) is 8.95. The van der Waals surface area contributed by atoms with Crippen LogP contribution in [0.2, 0.25) is 0 Å². The number of hydrogen-bond acceptors (Lipinski definition) is 6. The topological polar surface area (TPSA) is 72.7 Å². The molecule has 0 unspecified atom stereocenters. The van der Waals surface area contributed by atoms with Gasteiger partial charge in [0.15, 0.2) is 0 Å². The summed E-state index contributed by atoms with van der Waals surface area (Å²) >= 11 is 3.02. The standard InChI is InChI=1S/C15H15N5OS2/c21-14(16-9-8-13-7-4-10-22-13)11-23-15-17-18-19-20(15)12-5-2-1-3-6-12/h1-7,10H,8-9,11H2,(H,16,21). The van der Waals surface area contributed by atoms with Gasteiger partial charge in [0.25, 0.3) is 0 Å². The van der Waals surface area contributed by atoms with E-state index >= 15 is 0 Å². The summed E-state index contributed by atoms with van der Waals surface area (Å²) in [6.07, 6.45) is 0.857. The Morgan fingerprint density at radius 3 is 2.87 bits per heavy atom. The van der Waals surface area contributed by atoms with Crippen molar-refractivity contribution in [1.29, 1.82) is 0 Å². The third-order valence-electron chi connectivity index (χ3n) is 3.05. The van der Waals surface area contributed by atoms with E-state index in [1.807, 2.05) is 41.8 Å². The SMILES string of the molecule is O=C(CSc1nnnn1-c1ccccc1)NCCc1cccs1. The number of hydrogen-bond donors (Lipinski definition) is 1. The average molecular weight is 345 g/mol. The van der Waals surface area contributed by atoms with Gasteiger partial charge in [0.1, 0.15) is 0 Å². The molecule has 118 valence electrons. The maximum Gasteiger partial charge on any atom is 0.230 e. The van der Waals surface area contributed by atoms with Crippen molar-refractivity contribution in [2.75, 3.05) is 12.3 Å². The van der Waals surface area contributed by atoms with Gasteiger partial charge in [-0.3, -0.25) is 4.79 Å². The van der Waals surface area contributed by atoms with E-state index in [0.29, 0.717) is 11.7 Å². The third kappa shape index (κ3) is 4.40. The van der Waals surface area contributed by atoms with Crippen LogP contribution in [0.1, 0.15) is 4.88 Å². The van der Waals surface area contributed by atoms with Gasteiger partial charge in [-0.2, -0.15) is 4.68 Å². The molecule has 23 heavy (non-hydrogen) atoms. The molecular formula is C15H15N5OS2. The van der Waals surface area contributed by atoms with Crippen molar-refractivity contribution in [2.24, 2.45) is 0 Å². The highest BCUT2D eigenvalue weighted by Gasteiger charge is 2.11. The second-order valence-corrected chi connectivity index (χ2v) is 6.65. The number of nitrogens with one attached hydrogen (secondary N) is 1. The van der Waals surface area contributed by atoms with Crippen LogP contribution < -0.4 is 5.32 Å². The molecule has 1 aromatic carbocycles. The van der Waals surface area contributed by atoms with Crippen molar-refractivity contribution in [1.82, 2.24) is 25.5 Å². The molecule has 8 heteroatoms. The Kier molecular flexibility index (Phi) is 5.38. The third-order valence-corrected chi connectivity index (χ3v) is 4.90. The van der Waals surface area contributed by atoms with E-state index in [9.17, 15) is 4.79 Å². The van der Waals surface area contributed by atoms with Crippen LogP contribution in [-0.2, 0) is 11.2 Å². The lowest BCUT2D eigenvalue weighted by molar-refractivity contribution is -0.118. The summed E-state index contributed by atoms with van der Waals surface area (Å²) in [5, 5.41) is 17.2. The molecule has 2 heterocycles. The van der Waals surface area contributed by atoms with Crippen LogP contribution >= 0.6 is 23.1 Å². The lowest BCUT2D eigenvalue weighted by Gasteiger charge is -2.05. The van der Waals surface area contributed by atoms with Crippen LogP contribution in [0.4, 0.5) is 0 Å². The largest absolute Gasteiger partial charge is 0.355 e. The molecule has 0 saturated carbocycles. The van der Waals surface area contributed by atoms with Crippen LogP contribution in [0.25, 0.3) is 5.69 Å². The summed E-state index contributed by atoms with van der Waals surface area (Å²) in [6, 6.07) is 13.7. The molecule has 0 spiro atoms. The second-order valence-electron chi connectivity index (χ2n) is 4.68. The molecule has 0 aliphatic carbocycles. The molecule has 3 rings (SSSR count). The van der Waals surface area contributed by atoms with Gasteiger partial charge < -0.3 is 5.32 Å². The fourth-order valence-corrected chi connectivity index (χ4v) is 3.39. The number of carbonyl (C=O) groups excluding carboxylic acids is 1. The molecule has 0 bridgehead atoms. The molecule has 1 amide bonds. The molecule has 0 aliphatic rings. The Morgan fingerprint density at radius 2 is 2.09 bits per heavy atom. The number of thiophene rings is 1. The Labute approximate surface area is 141 Å². The predicted octanol–water partition coefficient (Wildman–Crippen LogP) is 2.17. The Balaban J connectivity index is 1.49. The van der Waals surface area contributed by atoms with Gasteiger partial charge in [-0.15, -0.1) is 16.4 Å². The monoisotopic (exact) mass is 345 g/mol. The Morgan fingerprint density at radius 1 is 1.22 bits per heavy atom. The Hall–Kier alpha value is -2.19. The molecule has 0 atom stereocenters. The van der Waals surface area contributed by atoms with Crippen LogP contribution in [0.3, 0.4) is 0 Å². The smallest absolute Gasteiger partial charge is 0.230 e. The van der Waals surface area contributed by atoms with E-state index in [-0.39, 0.29) is 11.7 Å². The summed E-state index contributed by atoms with van der Waals surface area (Å²) in [6.45, 7) is 0.642. The second kappa shape index (κ2) is 7.89. The molecule has 3 aromatic rings. The highest BCUT2D eigenvalue weighted by atomic mass is 32.2. The highest BCUT2D eigenvalue weighted by Crippen LogP contribution is 2.17. The summed E-state index contributed by atoms with van der Waals surface area (Å²) in [5.74, 6) is 0.270. The zero-order valence-electron chi connectivity index (χ0n) is 12.3. The molecule has 6 nitrogen and oxygen atoms in total. The Bertz CT molecular complexity index is 742. The van der Waals surface area contributed by atoms with Crippen molar-refractivity contribution < 1.29 is 4.79 Å². The van der Waals surface area contributed by atoms with E-state index in [0.717, 1.165) is 12.1 Å². The van der Waals surface area contributed by atoms with Gasteiger partial charge in [-0.05, 0) is 40.4 Å². The quantitative estimate of drug-likeness (QED) is 0.665. The van der Waals surface area contributed by atoms with E-state index in [2.05, 4.69) is 26.9 Å². The molecule has 2 aromatic heterocycles. The van der Waals surface area contributed by atoms with Gasteiger partial charge >= 0.3 is 0 Å². The first-order valence-electron chi connectivity index (χ1n) is 7.08. The van der Waals surface area contributed by atoms with Crippen molar-refractivity contribution in [3.05, 3.63) is 52.7 Å². The predicted molar refractivity (Wildman–Crippen MR) is 90.9 cm³/mol. The zero-order valence-corrected chi connectivity index (χ0v) is 13.9. The zero-order chi connectivity index (χ0) is 15.9. The molecule has 1 N–H and O–H groups in total. The normalized spacial score (nSPS) is 10.6. The van der Waals surface area contributed by atoms with Crippen molar-refractivity contribution in [3.8, 4) is 5.69 Å². The van der Waals surface area contributed by atoms with Crippen LogP contribution in [-0.4, -0.2) is 38.4 Å². The minimum atomic E-state index is -0.0193. The van der Waals surface area contributed by atoms with Crippen molar-refractivity contribution in [3.63, 3.8) is 0 Å². The first kappa shape index (κ1) is 15.7. The number of amides is 1. The minimum absolute atomic E-state index is 0.0193. The maximum atomic E-state index is 11.9. The summed E-state index contributed by atoms with van der Waals surface area (Å²) < 4.78 is 1.63. The number of thioether (sulfide) groups is 1. The minimum Gasteiger partial charge on any atom is -0.355 e. The lowest BCUT2D eigenvalue weighted by Crippen LogP contribution is -2.27. The number of para-hydroxylation sites is 1. The molecule has 0 radical (unpaired) electrons. The number of tetrazole rings is 1. The number of carbonyl (C=O) groups is 1. The van der Waals surface area contributed by atoms with Crippen molar-refractivity contribution >= 4 is 29.0 Å². The summed E-state index contributed by atoms with van der Waals surface area (Å²) in [4.78, 5) is 13.2. The van der Waals surface area contributed by atoms with Crippen LogP contribution in [0, 0.1) is 0 Å². The molecule has 0 fully saturated rings. The van der Waals surface area contributed by atoms with Gasteiger partial charge in [0.05, 0.1) is 11.4 Å². The van der Waals surface area contributed by atoms with Gasteiger partial charge in [0, 0.05) is 11.4 Å². The van der Waals surface area contributed by atoms with E-state index in [1.165, 1.54) is 16.6 Å². The van der Waals surface area contributed by atoms with Crippen LogP contribution in [0.5, 0.6) is 0 Å². The molecular weight excluding hydrogens is 330 g/mol. The number of aromatic nitrogens is 4. The highest BCUT2D eigenvalue weighted by molar-refractivity contribution is 7.99. The van der Waals surface area contributed by atoms with E-state index in [4.69, 9.17) is 0 Å². The van der Waals surface area contributed by atoms with E-state index in [1.54, 1.807) is 16.0 Å². The number of rotatable bonds is 7.